The maximum Gasteiger partial charge on any atom is 0.179 e. The van der Waals surface area contributed by atoms with Crippen molar-refractivity contribution in [3.63, 3.8) is 0 Å². The Labute approximate surface area is 201 Å². The number of carbonyl (C=O) groups is 1. The SMILES string of the molecule is CC(=O)c1ccc(N2CCN(CCS(=O)(=O)c3cccc(OCc4ccccc4)c3)CC2)cc1. The first kappa shape index (κ1) is 24.0. The average Bonchev–Trinajstić information content (AvgIpc) is 2.87. The Morgan fingerprint density at radius 2 is 1.59 bits per heavy atom. The molecule has 0 bridgehead atoms. The summed E-state index contributed by atoms with van der Waals surface area (Å²) in [6, 6.07) is 24.2. The molecule has 0 amide bonds. The highest BCUT2D eigenvalue weighted by Gasteiger charge is 2.21. The van der Waals surface area contributed by atoms with Crippen molar-refractivity contribution in [2.45, 2.75) is 18.4 Å². The summed E-state index contributed by atoms with van der Waals surface area (Å²) < 4.78 is 31.7. The Balaban J connectivity index is 1.28. The molecule has 0 aromatic heterocycles. The molecule has 1 saturated heterocycles. The van der Waals surface area contributed by atoms with E-state index < -0.39 is 9.84 Å². The molecule has 4 rings (SSSR count). The summed E-state index contributed by atoms with van der Waals surface area (Å²) in [7, 11) is -3.41. The standard InChI is InChI=1S/C27H30N2O4S/c1-22(30)24-10-12-25(13-11-24)29-16-14-28(15-17-29)18-19-34(31,32)27-9-5-8-26(20-27)33-21-23-6-3-2-4-7-23/h2-13,20H,14-19,21H2,1H3. The Bertz CT molecular complexity index is 1200. The van der Waals surface area contributed by atoms with E-state index in [-0.39, 0.29) is 11.5 Å². The number of anilines is 1. The van der Waals surface area contributed by atoms with E-state index >= 15 is 0 Å². The second kappa shape index (κ2) is 10.8. The van der Waals surface area contributed by atoms with Gasteiger partial charge in [-0.05, 0) is 55.0 Å². The van der Waals surface area contributed by atoms with E-state index in [1.54, 1.807) is 31.2 Å². The fourth-order valence-electron chi connectivity index (χ4n) is 4.00. The summed E-state index contributed by atoms with van der Waals surface area (Å²) in [6.07, 6.45) is 0. The minimum absolute atomic E-state index is 0.0610. The van der Waals surface area contributed by atoms with Crippen LogP contribution in [0, 0.1) is 0 Å². The van der Waals surface area contributed by atoms with Crippen LogP contribution >= 0.6 is 0 Å². The van der Waals surface area contributed by atoms with E-state index in [1.165, 1.54) is 0 Å². The van der Waals surface area contributed by atoms with Gasteiger partial charge in [-0.3, -0.25) is 9.69 Å². The van der Waals surface area contributed by atoms with E-state index in [0.717, 1.165) is 37.4 Å². The van der Waals surface area contributed by atoms with Crippen molar-refractivity contribution in [2.24, 2.45) is 0 Å². The number of hydrogen-bond acceptors (Lipinski definition) is 6. The van der Waals surface area contributed by atoms with Gasteiger partial charge in [-0.15, -0.1) is 0 Å². The summed E-state index contributed by atoms with van der Waals surface area (Å²) in [6.45, 7) is 5.69. The summed E-state index contributed by atoms with van der Waals surface area (Å²) >= 11 is 0. The van der Waals surface area contributed by atoms with Gasteiger partial charge in [0.05, 0.1) is 10.6 Å². The number of nitrogens with zero attached hydrogens (tertiary/aromatic N) is 2. The molecule has 3 aromatic rings. The Kier molecular flexibility index (Phi) is 7.65. The molecule has 6 nitrogen and oxygen atoms in total. The first-order valence-corrected chi connectivity index (χ1v) is 13.1. The molecule has 1 heterocycles. The minimum atomic E-state index is -3.41. The minimum Gasteiger partial charge on any atom is -0.489 e. The maximum absolute atomic E-state index is 13.0. The van der Waals surface area contributed by atoms with Gasteiger partial charge in [0.25, 0.3) is 0 Å². The predicted molar refractivity (Wildman–Crippen MR) is 134 cm³/mol. The van der Waals surface area contributed by atoms with Crippen molar-refractivity contribution >= 4 is 21.3 Å². The normalized spacial score (nSPS) is 14.7. The van der Waals surface area contributed by atoms with Gasteiger partial charge in [-0.25, -0.2) is 8.42 Å². The Hall–Kier alpha value is -3.16. The van der Waals surface area contributed by atoms with Gasteiger partial charge in [0.2, 0.25) is 0 Å². The second-order valence-corrected chi connectivity index (χ2v) is 10.6. The van der Waals surface area contributed by atoms with Crippen LogP contribution in [-0.2, 0) is 16.4 Å². The van der Waals surface area contributed by atoms with Gasteiger partial charge in [0.15, 0.2) is 15.6 Å². The summed E-state index contributed by atoms with van der Waals surface area (Å²) in [5.74, 6) is 0.683. The number of ketones is 1. The first-order chi connectivity index (χ1) is 16.4. The van der Waals surface area contributed by atoms with Crippen LogP contribution in [0.15, 0.2) is 83.8 Å². The first-order valence-electron chi connectivity index (χ1n) is 11.5. The molecular weight excluding hydrogens is 448 g/mol. The smallest absolute Gasteiger partial charge is 0.179 e. The van der Waals surface area contributed by atoms with E-state index in [4.69, 9.17) is 4.74 Å². The molecular formula is C27H30N2O4S. The van der Waals surface area contributed by atoms with Crippen molar-refractivity contribution in [1.29, 1.82) is 0 Å². The average molecular weight is 479 g/mol. The lowest BCUT2D eigenvalue weighted by Gasteiger charge is -2.36. The molecule has 34 heavy (non-hydrogen) atoms. The fraction of sp³-hybridized carbons (Fsp3) is 0.296. The molecule has 178 valence electrons. The van der Waals surface area contributed by atoms with Crippen LogP contribution in [0.4, 0.5) is 5.69 Å². The van der Waals surface area contributed by atoms with Gasteiger partial charge in [0.1, 0.15) is 12.4 Å². The van der Waals surface area contributed by atoms with Gasteiger partial charge in [0, 0.05) is 44.0 Å². The molecule has 3 aromatic carbocycles. The van der Waals surface area contributed by atoms with Gasteiger partial charge < -0.3 is 9.64 Å². The number of ether oxygens (including phenoxy) is 1. The van der Waals surface area contributed by atoms with E-state index in [2.05, 4.69) is 9.80 Å². The third-order valence-corrected chi connectivity index (χ3v) is 7.79. The zero-order chi connectivity index (χ0) is 24.0. The highest BCUT2D eigenvalue weighted by atomic mass is 32.2. The summed E-state index contributed by atoms with van der Waals surface area (Å²) in [5.41, 5.74) is 2.83. The van der Waals surface area contributed by atoms with Crippen molar-refractivity contribution in [1.82, 2.24) is 4.90 Å². The number of carbonyl (C=O) groups excluding carboxylic acids is 1. The lowest BCUT2D eigenvalue weighted by atomic mass is 10.1. The Morgan fingerprint density at radius 1 is 0.882 bits per heavy atom. The summed E-state index contributed by atoms with van der Waals surface area (Å²) in [4.78, 5) is 16.2. The fourth-order valence-corrected chi connectivity index (χ4v) is 5.32. The number of benzene rings is 3. The van der Waals surface area contributed by atoms with Gasteiger partial charge >= 0.3 is 0 Å². The molecule has 1 fully saturated rings. The van der Waals surface area contributed by atoms with E-state index in [9.17, 15) is 13.2 Å². The van der Waals surface area contributed by atoms with Crippen LogP contribution in [0.1, 0.15) is 22.8 Å². The van der Waals surface area contributed by atoms with E-state index in [0.29, 0.717) is 29.4 Å². The summed E-state index contributed by atoms with van der Waals surface area (Å²) in [5, 5.41) is 0. The van der Waals surface area contributed by atoms with Crippen molar-refractivity contribution < 1.29 is 17.9 Å². The highest BCUT2D eigenvalue weighted by Crippen LogP contribution is 2.21. The van der Waals surface area contributed by atoms with Crippen LogP contribution in [0.25, 0.3) is 0 Å². The van der Waals surface area contributed by atoms with Gasteiger partial charge in [-0.2, -0.15) is 0 Å². The molecule has 0 spiro atoms. The molecule has 0 aliphatic carbocycles. The van der Waals surface area contributed by atoms with Crippen LogP contribution < -0.4 is 9.64 Å². The second-order valence-electron chi connectivity index (χ2n) is 8.50. The maximum atomic E-state index is 13.0. The molecule has 0 saturated carbocycles. The number of rotatable bonds is 9. The molecule has 0 radical (unpaired) electrons. The van der Waals surface area contributed by atoms with E-state index in [1.807, 2.05) is 54.6 Å². The number of hydrogen-bond donors (Lipinski definition) is 0. The van der Waals surface area contributed by atoms with Crippen LogP contribution in [0.2, 0.25) is 0 Å². The molecule has 0 atom stereocenters. The third-order valence-electron chi connectivity index (χ3n) is 6.10. The molecule has 0 unspecified atom stereocenters. The van der Waals surface area contributed by atoms with Crippen molar-refractivity contribution in [3.8, 4) is 5.75 Å². The zero-order valence-corrected chi connectivity index (χ0v) is 20.2. The predicted octanol–water partition coefficient (Wildman–Crippen LogP) is 4.06. The Morgan fingerprint density at radius 3 is 2.26 bits per heavy atom. The quantitative estimate of drug-likeness (QED) is 0.432. The number of Topliss-reactive ketones (excluding diaryl/α,β-unsaturated/α-hetero) is 1. The van der Waals surface area contributed by atoms with Crippen molar-refractivity contribution in [2.75, 3.05) is 43.4 Å². The van der Waals surface area contributed by atoms with Gasteiger partial charge in [-0.1, -0.05) is 36.4 Å². The van der Waals surface area contributed by atoms with Crippen LogP contribution in [0.3, 0.4) is 0 Å². The lowest BCUT2D eigenvalue weighted by Crippen LogP contribution is -2.47. The third kappa shape index (κ3) is 6.24. The zero-order valence-electron chi connectivity index (χ0n) is 19.4. The van der Waals surface area contributed by atoms with Crippen LogP contribution in [-0.4, -0.2) is 57.6 Å². The molecule has 1 aliphatic heterocycles. The highest BCUT2D eigenvalue weighted by molar-refractivity contribution is 7.91. The van der Waals surface area contributed by atoms with Crippen LogP contribution in [0.5, 0.6) is 5.75 Å². The molecule has 1 aliphatic rings. The lowest BCUT2D eigenvalue weighted by molar-refractivity contribution is 0.101. The molecule has 0 N–H and O–H groups in total. The monoisotopic (exact) mass is 478 g/mol. The number of sulfone groups is 1. The topological polar surface area (TPSA) is 66.9 Å². The molecule has 7 heteroatoms. The van der Waals surface area contributed by atoms with Crippen molar-refractivity contribution in [3.05, 3.63) is 90.0 Å². The largest absolute Gasteiger partial charge is 0.489 e. The number of piperazine rings is 1.